The highest BCUT2D eigenvalue weighted by Crippen LogP contribution is 2.48. The van der Waals surface area contributed by atoms with Gasteiger partial charge in [0.25, 0.3) is 0 Å². The maximum atomic E-state index is 15.0. The number of nitrogen functional groups attached to an aromatic ring is 1. The van der Waals surface area contributed by atoms with Gasteiger partial charge in [-0.2, -0.15) is 0 Å². The van der Waals surface area contributed by atoms with Crippen molar-refractivity contribution in [3.8, 4) is 16.9 Å². The van der Waals surface area contributed by atoms with E-state index >= 15 is 0 Å². The summed E-state index contributed by atoms with van der Waals surface area (Å²) in [5, 5.41) is 12.9. The number of carbonyl (C=O) groups is 1. The number of hydrogen-bond acceptors (Lipinski definition) is 6. The molecule has 0 saturated heterocycles. The first kappa shape index (κ1) is 19.7. The molecule has 4 aromatic rings. The van der Waals surface area contributed by atoms with Crippen LogP contribution in [0.15, 0.2) is 42.7 Å². The summed E-state index contributed by atoms with van der Waals surface area (Å²) in [7, 11) is 0. The second kappa shape index (κ2) is 7.19. The minimum absolute atomic E-state index is 0.00742. The van der Waals surface area contributed by atoms with E-state index in [1.807, 2.05) is 4.57 Å². The number of hydrogen-bond donors (Lipinski definition) is 3. The monoisotopic (exact) mass is 436 g/mol. The zero-order chi connectivity index (χ0) is 22.6. The molecule has 162 valence electrons. The van der Waals surface area contributed by atoms with Gasteiger partial charge in [-0.1, -0.05) is 12.1 Å². The maximum absolute atomic E-state index is 15.0. The van der Waals surface area contributed by atoms with Crippen LogP contribution < -0.4 is 16.0 Å². The SMILES string of the molecule is CC(=O)Nc1ncnc2c1c(-c1ccc(O)c(F)c1)c1n2CCN1c1cccc(N)c1F. The molecule has 2 aromatic carbocycles. The van der Waals surface area contributed by atoms with Crippen LogP contribution in [0.3, 0.4) is 0 Å². The summed E-state index contributed by atoms with van der Waals surface area (Å²) in [5.74, 6) is -1.40. The van der Waals surface area contributed by atoms with Crippen LogP contribution >= 0.6 is 0 Å². The average Bonchev–Trinajstić information content (AvgIpc) is 3.31. The number of amides is 1. The van der Waals surface area contributed by atoms with Crippen molar-refractivity contribution in [2.45, 2.75) is 13.5 Å². The molecule has 0 aliphatic carbocycles. The van der Waals surface area contributed by atoms with E-state index in [-0.39, 0.29) is 23.1 Å². The van der Waals surface area contributed by atoms with E-state index in [0.717, 1.165) is 0 Å². The first-order valence-corrected chi connectivity index (χ1v) is 9.82. The lowest BCUT2D eigenvalue weighted by molar-refractivity contribution is -0.114. The molecular formula is C22H18F2N6O2. The number of aromatic hydroxyl groups is 1. The topological polar surface area (TPSA) is 109 Å². The van der Waals surface area contributed by atoms with Crippen molar-refractivity contribution in [1.82, 2.24) is 14.5 Å². The fraction of sp³-hybridized carbons (Fsp3) is 0.136. The molecule has 32 heavy (non-hydrogen) atoms. The Kier molecular flexibility index (Phi) is 4.43. The van der Waals surface area contributed by atoms with Gasteiger partial charge in [0.1, 0.15) is 23.6 Å². The van der Waals surface area contributed by atoms with Gasteiger partial charge in [0.2, 0.25) is 5.91 Å². The van der Waals surface area contributed by atoms with Crippen LogP contribution in [-0.2, 0) is 11.3 Å². The molecule has 0 bridgehead atoms. The number of aromatic nitrogens is 3. The fourth-order valence-corrected chi connectivity index (χ4v) is 4.13. The Morgan fingerprint density at radius 2 is 2.00 bits per heavy atom. The number of benzene rings is 2. The first-order valence-electron chi connectivity index (χ1n) is 9.82. The lowest BCUT2D eigenvalue weighted by Gasteiger charge is -2.21. The Morgan fingerprint density at radius 1 is 1.19 bits per heavy atom. The molecule has 0 fully saturated rings. The van der Waals surface area contributed by atoms with Crippen molar-refractivity contribution >= 4 is 40.0 Å². The van der Waals surface area contributed by atoms with E-state index in [1.54, 1.807) is 23.1 Å². The number of nitrogens with two attached hydrogens (primary N) is 1. The zero-order valence-corrected chi connectivity index (χ0v) is 16.9. The molecule has 0 saturated carbocycles. The second-order valence-electron chi connectivity index (χ2n) is 7.45. The number of nitrogens with one attached hydrogen (secondary N) is 1. The standard InChI is InChI=1S/C22H18F2N6O2/c1-11(31)28-20-18-17(12-5-6-16(32)13(23)9-12)22-29(15-4-2-3-14(25)19(15)24)7-8-30(22)21(18)27-10-26-20/h2-6,9-10,32H,7-8,25H2,1H3,(H,26,27,28,31). The number of nitrogens with zero attached hydrogens (tertiary/aromatic N) is 4. The van der Waals surface area contributed by atoms with Crippen LogP contribution in [0.1, 0.15) is 6.92 Å². The van der Waals surface area contributed by atoms with Gasteiger partial charge in [-0.3, -0.25) is 4.79 Å². The Morgan fingerprint density at radius 3 is 2.75 bits per heavy atom. The average molecular weight is 436 g/mol. The van der Waals surface area contributed by atoms with E-state index in [9.17, 15) is 18.7 Å². The van der Waals surface area contributed by atoms with E-state index in [2.05, 4.69) is 15.3 Å². The van der Waals surface area contributed by atoms with Crippen LogP contribution in [0, 0.1) is 11.6 Å². The van der Waals surface area contributed by atoms with Crippen LogP contribution in [0.2, 0.25) is 0 Å². The maximum Gasteiger partial charge on any atom is 0.222 e. The molecule has 3 heterocycles. The quantitative estimate of drug-likeness (QED) is 0.422. The Hall–Kier alpha value is -4.21. The second-order valence-corrected chi connectivity index (χ2v) is 7.45. The lowest BCUT2D eigenvalue weighted by atomic mass is 10.0. The van der Waals surface area contributed by atoms with Gasteiger partial charge in [0.15, 0.2) is 17.4 Å². The summed E-state index contributed by atoms with van der Waals surface area (Å²) in [6.45, 7) is 2.25. The molecule has 4 N–H and O–H groups in total. The minimum Gasteiger partial charge on any atom is -0.505 e. The lowest BCUT2D eigenvalue weighted by Crippen LogP contribution is -2.16. The number of fused-ring (bicyclic) bond motifs is 3. The third kappa shape index (κ3) is 2.91. The summed E-state index contributed by atoms with van der Waals surface area (Å²) >= 11 is 0. The number of halogens is 2. The summed E-state index contributed by atoms with van der Waals surface area (Å²) in [5.41, 5.74) is 7.49. The van der Waals surface area contributed by atoms with Gasteiger partial charge in [-0.25, -0.2) is 18.7 Å². The molecule has 1 aliphatic heterocycles. The number of carbonyl (C=O) groups excluding carboxylic acids is 1. The predicted octanol–water partition coefficient (Wildman–Crippen LogP) is 3.77. The number of rotatable bonds is 3. The normalized spacial score (nSPS) is 12.9. The molecule has 0 radical (unpaired) electrons. The minimum atomic E-state index is -0.812. The summed E-state index contributed by atoms with van der Waals surface area (Å²) in [6, 6.07) is 8.71. The van der Waals surface area contributed by atoms with Gasteiger partial charge in [0.05, 0.1) is 16.8 Å². The molecule has 0 spiro atoms. The number of phenols is 1. The highest BCUT2D eigenvalue weighted by molar-refractivity contribution is 6.11. The molecule has 2 aromatic heterocycles. The first-order chi connectivity index (χ1) is 15.4. The summed E-state index contributed by atoms with van der Waals surface area (Å²) in [4.78, 5) is 22.1. The van der Waals surface area contributed by atoms with Gasteiger partial charge >= 0.3 is 0 Å². The van der Waals surface area contributed by atoms with Crippen molar-refractivity contribution in [3.63, 3.8) is 0 Å². The van der Waals surface area contributed by atoms with Gasteiger partial charge < -0.3 is 25.6 Å². The van der Waals surface area contributed by atoms with Gasteiger partial charge in [-0.05, 0) is 29.8 Å². The highest BCUT2D eigenvalue weighted by Gasteiger charge is 2.33. The van der Waals surface area contributed by atoms with Gasteiger partial charge in [0, 0.05) is 25.6 Å². The molecular weight excluding hydrogens is 418 g/mol. The smallest absolute Gasteiger partial charge is 0.222 e. The molecule has 10 heteroatoms. The van der Waals surface area contributed by atoms with Crippen LogP contribution in [0.5, 0.6) is 5.75 Å². The predicted molar refractivity (Wildman–Crippen MR) is 117 cm³/mol. The Bertz CT molecular complexity index is 1400. The summed E-state index contributed by atoms with van der Waals surface area (Å²) < 4.78 is 31.1. The molecule has 0 unspecified atom stereocenters. The number of anilines is 4. The van der Waals surface area contributed by atoms with Crippen molar-refractivity contribution in [3.05, 3.63) is 54.4 Å². The number of phenolic OH excluding ortho intramolecular Hbond substituents is 1. The molecule has 8 nitrogen and oxygen atoms in total. The van der Waals surface area contributed by atoms with Crippen LogP contribution in [0.25, 0.3) is 22.2 Å². The molecule has 1 amide bonds. The molecule has 0 atom stereocenters. The molecule has 1 aliphatic rings. The van der Waals surface area contributed by atoms with Crippen LogP contribution in [0.4, 0.5) is 31.8 Å². The van der Waals surface area contributed by atoms with Crippen LogP contribution in [-0.4, -0.2) is 32.1 Å². The van der Waals surface area contributed by atoms with E-state index < -0.39 is 17.4 Å². The Balaban J connectivity index is 1.86. The third-order valence-electron chi connectivity index (χ3n) is 5.44. The summed E-state index contributed by atoms with van der Waals surface area (Å²) in [6.07, 6.45) is 1.33. The van der Waals surface area contributed by atoms with Gasteiger partial charge in [-0.15, -0.1) is 0 Å². The Labute approximate surface area is 180 Å². The van der Waals surface area contributed by atoms with E-state index in [0.29, 0.717) is 41.1 Å². The largest absolute Gasteiger partial charge is 0.505 e. The fourth-order valence-electron chi connectivity index (χ4n) is 4.13. The van der Waals surface area contributed by atoms with E-state index in [4.69, 9.17) is 5.73 Å². The van der Waals surface area contributed by atoms with Crippen molar-refractivity contribution in [2.75, 3.05) is 22.5 Å². The van der Waals surface area contributed by atoms with Crippen molar-refractivity contribution in [1.29, 1.82) is 0 Å². The molecule has 5 rings (SSSR count). The van der Waals surface area contributed by atoms with Crippen molar-refractivity contribution in [2.24, 2.45) is 0 Å². The van der Waals surface area contributed by atoms with E-state index in [1.165, 1.54) is 31.5 Å². The third-order valence-corrected chi connectivity index (χ3v) is 5.44. The van der Waals surface area contributed by atoms with Crippen molar-refractivity contribution < 1.29 is 18.7 Å². The highest BCUT2D eigenvalue weighted by atomic mass is 19.1. The zero-order valence-electron chi connectivity index (χ0n) is 16.9.